The molecule has 0 aliphatic rings. The summed E-state index contributed by atoms with van der Waals surface area (Å²) in [6.45, 7) is 9.09. The highest BCUT2D eigenvalue weighted by Crippen LogP contribution is 2.37. The van der Waals surface area contributed by atoms with Crippen LogP contribution in [-0.4, -0.2) is 0 Å². The molecule has 0 spiro atoms. The Hall–Kier alpha value is -1.91. The van der Waals surface area contributed by atoms with Crippen LogP contribution in [0.1, 0.15) is 48.9 Å². The van der Waals surface area contributed by atoms with Gasteiger partial charge in [-0.15, -0.1) is 0 Å². The van der Waals surface area contributed by atoms with Crippen molar-refractivity contribution in [3.8, 4) is 0 Å². The molecule has 0 unspecified atom stereocenters. The second kappa shape index (κ2) is 9.34. The highest BCUT2D eigenvalue weighted by atomic mass is 31.1. The minimum absolute atomic E-state index is 0.548. The number of benzene rings is 3. The van der Waals surface area contributed by atoms with Crippen LogP contribution in [0.5, 0.6) is 0 Å². The molecule has 0 heterocycles. The van der Waals surface area contributed by atoms with Crippen molar-refractivity contribution in [3.63, 3.8) is 0 Å². The molecule has 0 aliphatic carbocycles. The van der Waals surface area contributed by atoms with Crippen molar-refractivity contribution in [1.82, 2.24) is 0 Å². The predicted molar refractivity (Wildman–Crippen MR) is 123 cm³/mol. The molecule has 0 fully saturated rings. The molecule has 0 nitrogen and oxygen atoms in total. The van der Waals surface area contributed by atoms with Gasteiger partial charge in [0, 0.05) is 0 Å². The van der Waals surface area contributed by atoms with Crippen molar-refractivity contribution in [1.29, 1.82) is 0 Å². The normalized spacial score (nSPS) is 11.1. The van der Waals surface area contributed by atoms with Crippen LogP contribution in [0.2, 0.25) is 0 Å². The zero-order valence-electron chi connectivity index (χ0n) is 17.1. The third-order valence-corrected chi connectivity index (χ3v) is 8.12. The summed E-state index contributed by atoms with van der Waals surface area (Å²) < 4.78 is 0. The van der Waals surface area contributed by atoms with E-state index in [1.165, 1.54) is 51.0 Å². The van der Waals surface area contributed by atoms with Crippen LogP contribution in [0.15, 0.2) is 66.7 Å². The van der Waals surface area contributed by atoms with Crippen LogP contribution in [0.4, 0.5) is 0 Å². The van der Waals surface area contributed by atoms with E-state index in [-0.39, 0.29) is 0 Å². The third-order valence-electron chi connectivity index (χ3n) is 5.32. The third kappa shape index (κ3) is 4.33. The monoisotopic (exact) mass is 374 g/mol. The number of hydrogen-bond acceptors (Lipinski definition) is 0. The summed E-state index contributed by atoms with van der Waals surface area (Å²) >= 11 is 0. The van der Waals surface area contributed by atoms with Crippen LogP contribution in [0.3, 0.4) is 0 Å². The molecule has 0 radical (unpaired) electrons. The molecule has 3 aromatic carbocycles. The maximum absolute atomic E-state index is 2.38. The highest BCUT2D eigenvalue weighted by molar-refractivity contribution is 7.80. The fraction of sp³-hybridized carbons (Fsp3) is 0.308. The molecule has 140 valence electrons. The first-order valence-electron chi connectivity index (χ1n) is 10.2. The van der Waals surface area contributed by atoms with E-state index in [0.717, 1.165) is 12.8 Å². The lowest BCUT2D eigenvalue weighted by Gasteiger charge is -2.26. The Balaban J connectivity index is 2.27. The molecule has 0 aromatic heterocycles. The van der Waals surface area contributed by atoms with Gasteiger partial charge in [0.05, 0.1) is 0 Å². The molecule has 0 atom stereocenters. The van der Waals surface area contributed by atoms with Gasteiger partial charge in [0.1, 0.15) is 0 Å². The molecule has 0 saturated carbocycles. The molecule has 3 aromatic rings. The molecule has 0 N–H and O–H groups in total. The van der Waals surface area contributed by atoms with Crippen LogP contribution >= 0.6 is 7.92 Å². The Morgan fingerprint density at radius 1 is 0.593 bits per heavy atom. The van der Waals surface area contributed by atoms with Crippen molar-refractivity contribution in [2.45, 2.75) is 53.4 Å². The fourth-order valence-electron chi connectivity index (χ4n) is 3.79. The first-order valence-corrected chi connectivity index (χ1v) is 11.5. The average Bonchev–Trinajstić information content (AvgIpc) is 2.68. The first kappa shape index (κ1) is 19.8. The summed E-state index contributed by atoms with van der Waals surface area (Å²) in [7, 11) is -0.548. The zero-order valence-corrected chi connectivity index (χ0v) is 18.0. The lowest BCUT2D eigenvalue weighted by atomic mass is 10.1. The van der Waals surface area contributed by atoms with Gasteiger partial charge < -0.3 is 0 Å². The molecule has 27 heavy (non-hydrogen) atoms. The quantitative estimate of drug-likeness (QED) is 0.447. The minimum atomic E-state index is -0.548. The topological polar surface area (TPSA) is 0 Å². The van der Waals surface area contributed by atoms with Crippen LogP contribution in [0.25, 0.3) is 0 Å². The molecule has 0 bridgehead atoms. The van der Waals surface area contributed by atoms with Gasteiger partial charge in [-0.3, -0.25) is 0 Å². The highest BCUT2D eigenvalue weighted by Gasteiger charge is 2.23. The minimum Gasteiger partial charge on any atom is -0.0651 e. The SMILES string of the molecule is CCCc1ccccc1P(c1ccccc1CCC)c1cccc(C)c1C. The standard InChI is InChI=1S/C26H31P/c1-5-12-22-15-7-9-17-25(22)27(24-19-11-14-20(3)21(24)4)26-18-10-8-16-23(26)13-6-2/h7-11,14-19H,5-6,12-13H2,1-4H3. The lowest BCUT2D eigenvalue weighted by Crippen LogP contribution is -2.27. The Labute approximate surface area is 166 Å². The van der Waals surface area contributed by atoms with Gasteiger partial charge >= 0.3 is 0 Å². The molecule has 0 saturated heterocycles. The van der Waals surface area contributed by atoms with Gasteiger partial charge in [-0.2, -0.15) is 0 Å². The van der Waals surface area contributed by atoms with Gasteiger partial charge in [-0.25, -0.2) is 0 Å². The smallest absolute Gasteiger partial charge is 0.0119 e. The molecule has 3 rings (SSSR count). The van der Waals surface area contributed by atoms with Gasteiger partial charge in [-0.05, 0) is 72.8 Å². The summed E-state index contributed by atoms with van der Waals surface area (Å²) in [5, 5.41) is 4.58. The number of aryl methyl sites for hydroxylation is 3. The van der Waals surface area contributed by atoms with Gasteiger partial charge in [0.15, 0.2) is 0 Å². The number of rotatable bonds is 7. The van der Waals surface area contributed by atoms with Crippen molar-refractivity contribution in [2.24, 2.45) is 0 Å². The van der Waals surface area contributed by atoms with Crippen molar-refractivity contribution in [3.05, 3.63) is 89.0 Å². The maximum atomic E-state index is 2.38. The van der Waals surface area contributed by atoms with Crippen molar-refractivity contribution in [2.75, 3.05) is 0 Å². The summed E-state index contributed by atoms with van der Waals surface area (Å²) in [4.78, 5) is 0. The average molecular weight is 375 g/mol. The van der Waals surface area contributed by atoms with Crippen molar-refractivity contribution >= 4 is 23.8 Å². The van der Waals surface area contributed by atoms with Crippen LogP contribution in [-0.2, 0) is 12.8 Å². The molecule has 1 heteroatoms. The maximum Gasteiger partial charge on any atom is -0.0119 e. The Kier molecular flexibility index (Phi) is 6.86. The molecular formula is C26H31P. The molecule has 0 amide bonds. The van der Waals surface area contributed by atoms with E-state index in [2.05, 4.69) is 94.4 Å². The number of hydrogen-bond donors (Lipinski definition) is 0. The van der Waals surface area contributed by atoms with Gasteiger partial charge in [0.2, 0.25) is 0 Å². The fourth-order valence-corrected chi connectivity index (χ4v) is 6.73. The Bertz CT molecular complexity index is 845. The Morgan fingerprint density at radius 3 is 1.59 bits per heavy atom. The largest absolute Gasteiger partial charge is 0.0651 e. The van der Waals surface area contributed by atoms with E-state index in [9.17, 15) is 0 Å². The van der Waals surface area contributed by atoms with E-state index in [1.807, 2.05) is 0 Å². The zero-order chi connectivity index (χ0) is 19.2. The van der Waals surface area contributed by atoms with E-state index >= 15 is 0 Å². The van der Waals surface area contributed by atoms with Crippen LogP contribution < -0.4 is 15.9 Å². The van der Waals surface area contributed by atoms with E-state index in [4.69, 9.17) is 0 Å². The summed E-state index contributed by atoms with van der Waals surface area (Å²) in [6, 6.07) is 25.1. The van der Waals surface area contributed by atoms with Crippen molar-refractivity contribution < 1.29 is 0 Å². The van der Waals surface area contributed by atoms with E-state index in [1.54, 1.807) is 0 Å². The second-order valence-corrected chi connectivity index (χ2v) is 9.43. The van der Waals surface area contributed by atoms with E-state index < -0.39 is 7.92 Å². The summed E-state index contributed by atoms with van der Waals surface area (Å²) in [5.74, 6) is 0. The van der Waals surface area contributed by atoms with Gasteiger partial charge in [0.25, 0.3) is 0 Å². The van der Waals surface area contributed by atoms with Crippen LogP contribution in [0, 0.1) is 13.8 Å². The first-order chi connectivity index (χ1) is 13.2. The lowest BCUT2D eigenvalue weighted by molar-refractivity contribution is 0.926. The Morgan fingerprint density at radius 2 is 1.07 bits per heavy atom. The molecular weight excluding hydrogens is 343 g/mol. The van der Waals surface area contributed by atoms with Gasteiger partial charge in [-0.1, -0.05) is 93.4 Å². The predicted octanol–water partition coefficient (Wildman–Crippen LogP) is 5.97. The second-order valence-electron chi connectivity index (χ2n) is 7.31. The molecule has 0 aliphatic heterocycles. The summed E-state index contributed by atoms with van der Waals surface area (Å²) in [5.41, 5.74) is 5.86. The summed E-state index contributed by atoms with van der Waals surface area (Å²) in [6.07, 6.45) is 4.67. The van der Waals surface area contributed by atoms with E-state index in [0.29, 0.717) is 0 Å².